The first kappa shape index (κ1) is 14.8. The number of ether oxygens (including phenoxy) is 1. The van der Waals surface area contributed by atoms with Crippen LogP contribution in [0.15, 0.2) is 40.9 Å². The van der Waals surface area contributed by atoms with Crippen LogP contribution >= 0.6 is 15.9 Å². The Morgan fingerprint density at radius 1 is 1.17 bits per heavy atom. The fraction of sp³-hybridized carbons (Fsp3) is 0.263. The van der Waals surface area contributed by atoms with E-state index in [2.05, 4.69) is 63.5 Å². The molecular formula is C19H19BrN2O. The molecule has 2 heterocycles. The zero-order valence-corrected chi connectivity index (χ0v) is 14.8. The highest BCUT2D eigenvalue weighted by molar-refractivity contribution is 9.10. The van der Waals surface area contributed by atoms with E-state index in [0.29, 0.717) is 0 Å². The maximum absolute atomic E-state index is 5.39. The van der Waals surface area contributed by atoms with Crippen molar-refractivity contribution in [1.29, 1.82) is 0 Å². The van der Waals surface area contributed by atoms with Crippen LogP contribution in [0.2, 0.25) is 0 Å². The number of halogens is 1. The van der Waals surface area contributed by atoms with Crippen LogP contribution in [-0.4, -0.2) is 18.6 Å². The lowest BCUT2D eigenvalue weighted by Gasteiger charge is -2.25. The van der Waals surface area contributed by atoms with Crippen LogP contribution in [0.4, 0.5) is 0 Å². The van der Waals surface area contributed by atoms with Crippen molar-refractivity contribution >= 4 is 26.8 Å². The Kier molecular flexibility index (Phi) is 3.66. The molecule has 1 unspecified atom stereocenters. The first-order valence-corrected chi connectivity index (χ1v) is 8.64. The summed E-state index contributed by atoms with van der Waals surface area (Å²) in [7, 11) is 1.72. The number of aryl methyl sites for hydroxylation is 1. The number of hydrogen-bond donors (Lipinski definition) is 2. The van der Waals surface area contributed by atoms with Crippen molar-refractivity contribution in [3.63, 3.8) is 0 Å². The molecular weight excluding hydrogens is 352 g/mol. The summed E-state index contributed by atoms with van der Waals surface area (Å²) in [6, 6.07) is 13.1. The van der Waals surface area contributed by atoms with E-state index in [0.717, 1.165) is 23.2 Å². The molecule has 118 valence electrons. The third-order valence-corrected chi connectivity index (χ3v) is 5.01. The molecule has 4 rings (SSSR count). The van der Waals surface area contributed by atoms with Gasteiger partial charge in [0.25, 0.3) is 0 Å². The Hall–Kier alpha value is -1.78. The molecule has 1 aliphatic rings. The molecule has 0 bridgehead atoms. The zero-order chi connectivity index (χ0) is 16.0. The Labute approximate surface area is 144 Å². The highest BCUT2D eigenvalue weighted by Gasteiger charge is 2.25. The maximum Gasteiger partial charge on any atom is 0.119 e. The van der Waals surface area contributed by atoms with Gasteiger partial charge in [0.1, 0.15) is 5.75 Å². The molecule has 2 aromatic carbocycles. The van der Waals surface area contributed by atoms with Gasteiger partial charge < -0.3 is 15.0 Å². The lowest BCUT2D eigenvalue weighted by Crippen LogP contribution is -2.30. The molecule has 0 saturated carbocycles. The molecule has 1 atom stereocenters. The molecule has 0 fully saturated rings. The number of hydrogen-bond acceptors (Lipinski definition) is 2. The zero-order valence-electron chi connectivity index (χ0n) is 13.2. The van der Waals surface area contributed by atoms with E-state index in [9.17, 15) is 0 Å². The van der Waals surface area contributed by atoms with Gasteiger partial charge in [-0.05, 0) is 60.4 Å². The first-order chi connectivity index (χ1) is 11.2. The Morgan fingerprint density at radius 2 is 2.04 bits per heavy atom. The number of aromatic nitrogens is 1. The molecule has 2 N–H and O–H groups in total. The lowest BCUT2D eigenvalue weighted by molar-refractivity contribution is 0.415. The van der Waals surface area contributed by atoms with Gasteiger partial charge in [-0.2, -0.15) is 0 Å². The van der Waals surface area contributed by atoms with Crippen molar-refractivity contribution in [3.05, 3.63) is 63.3 Å². The van der Waals surface area contributed by atoms with Crippen molar-refractivity contribution in [2.75, 3.05) is 13.7 Å². The molecule has 0 saturated heterocycles. The third-order valence-electron chi connectivity index (χ3n) is 4.56. The van der Waals surface area contributed by atoms with Crippen molar-refractivity contribution in [2.45, 2.75) is 19.4 Å². The number of nitrogens with one attached hydrogen (secondary N) is 2. The number of methoxy groups -OCH3 is 1. The van der Waals surface area contributed by atoms with Crippen molar-refractivity contribution < 1.29 is 4.74 Å². The average molecular weight is 371 g/mol. The third kappa shape index (κ3) is 2.56. The van der Waals surface area contributed by atoms with E-state index in [1.807, 2.05) is 6.07 Å². The fourth-order valence-electron chi connectivity index (χ4n) is 3.55. The summed E-state index contributed by atoms with van der Waals surface area (Å²) in [5, 5.41) is 4.93. The van der Waals surface area contributed by atoms with Gasteiger partial charge in [-0.3, -0.25) is 0 Å². The van der Waals surface area contributed by atoms with Gasteiger partial charge in [0.2, 0.25) is 0 Å². The minimum Gasteiger partial charge on any atom is -0.497 e. The van der Waals surface area contributed by atoms with Crippen LogP contribution in [0.1, 0.15) is 28.4 Å². The van der Waals surface area contributed by atoms with Gasteiger partial charge in [-0.1, -0.05) is 22.0 Å². The van der Waals surface area contributed by atoms with Crippen LogP contribution in [0, 0.1) is 6.92 Å². The maximum atomic E-state index is 5.39. The second kappa shape index (κ2) is 5.69. The second-order valence-corrected chi connectivity index (χ2v) is 7.04. The van der Waals surface area contributed by atoms with Gasteiger partial charge in [0, 0.05) is 27.6 Å². The van der Waals surface area contributed by atoms with E-state index in [1.165, 1.54) is 33.3 Å². The molecule has 0 spiro atoms. The Balaban J connectivity index is 1.88. The van der Waals surface area contributed by atoms with E-state index in [-0.39, 0.29) is 6.04 Å². The molecule has 0 radical (unpaired) electrons. The van der Waals surface area contributed by atoms with Crippen molar-refractivity contribution in [3.8, 4) is 5.75 Å². The topological polar surface area (TPSA) is 37.0 Å². The second-order valence-electron chi connectivity index (χ2n) is 6.13. The molecule has 1 aliphatic heterocycles. The predicted molar refractivity (Wildman–Crippen MR) is 97.3 cm³/mol. The summed E-state index contributed by atoms with van der Waals surface area (Å²) in [5.41, 5.74) is 6.41. The van der Waals surface area contributed by atoms with Crippen LogP contribution in [0.3, 0.4) is 0 Å². The minimum absolute atomic E-state index is 0.202. The highest BCUT2D eigenvalue weighted by Crippen LogP contribution is 2.35. The smallest absolute Gasteiger partial charge is 0.119 e. The molecule has 3 aromatic rings. The highest BCUT2D eigenvalue weighted by atomic mass is 79.9. The van der Waals surface area contributed by atoms with Crippen LogP contribution in [0.5, 0.6) is 5.75 Å². The molecule has 1 aromatic heterocycles. The van der Waals surface area contributed by atoms with E-state index in [4.69, 9.17) is 4.74 Å². The fourth-order valence-corrected chi connectivity index (χ4v) is 4.18. The Bertz CT molecular complexity index is 864. The lowest BCUT2D eigenvalue weighted by atomic mass is 9.93. The summed E-state index contributed by atoms with van der Waals surface area (Å²) in [5.74, 6) is 0.910. The van der Waals surface area contributed by atoms with E-state index >= 15 is 0 Å². The van der Waals surface area contributed by atoms with E-state index < -0.39 is 0 Å². The van der Waals surface area contributed by atoms with Gasteiger partial charge in [0.15, 0.2) is 0 Å². The molecule has 0 aliphatic carbocycles. The molecule has 0 amide bonds. The summed E-state index contributed by atoms with van der Waals surface area (Å²) < 4.78 is 6.51. The molecule has 23 heavy (non-hydrogen) atoms. The summed E-state index contributed by atoms with van der Waals surface area (Å²) in [4.78, 5) is 3.62. The van der Waals surface area contributed by atoms with Gasteiger partial charge in [0.05, 0.1) is 13.2 Å². The molecule has 3 nitrogen and oxygen atoms in total. The summed E-state index contributed by atoms with van der Waals surface area (Å²) >= 11 is 3.62. The number of fused-ring (bicyclic) bond motifs is 3. The van der Waals surface area contributed by atoms with Crippen LogP contribution in [0.25, 0.3) is 10.9 Å². The van der Waals surface area contributed by atoms with Gasteiger partial charge >= 0.3 is 0 Å². The number of aromatic amines is 1. The van der Waals surface area contributed by atoms with Gasteiger partial charge in [-0.15, -0.1) is 0 Å². The predicted octanol–water partition coefficient (Wildman–Crippen LogP) is 4.48. The number of rotatable bonds is 2. The number of H-pyrrole nitrogens is 1. The van der Waals surface area contributed by atoms with E-state index in [1.54, 1.807) is 7.11 Å². The Morgan fingerprint density at radius 3 is 2.83 bits per heavy atom. The summed E-state index contributed by atoms with van der Waals surface area (Å²) in [6.45, 7) is 3.11. The molecule has 4 heteroatoms. The van der Waals surface area contributed by atoms with Crippen LogP contribution < -0.4 is 10.1 Å². The SMILES string of the molecule is COc1ccc2[nH]c3c(c2c1)CCNC3c1cc(C)cc(Br)c1. The number of benzene rings is 2. The van der Waals surface area contributed by atoms with Gasteiger partial charge in [-0.25, -0.2) is 0 Å². The van der Waals surface area contributed by atoms with Crippen molar-refractivity contribution in [1.82, 2.24) is 10.3 Å². The largest absolute Gasteiger partial charge is 0.497 e. The summed E-state index contributed by atoms with van der Waals surface area (Å²) in [6.07, 6.45) is 1.03. The normalized spacial score (nSPS) is 17.3. The quantitative estimate of drug-likeness (QED) is 0.697. The minimum atomic E-state index is 0.202. The first-order valence-electron chi connectivity index (χ1n) is 7.84. The monoisotopic (exact) mass is 370 g/mol. The van der Waals surface area contributed by atoms with Crippen LogP contribution in [-0.2, 0) is 6.42 Å². The standard InChI is InChI=1S/C19H19BrN2O/c1-11-7-12(9-13(20)8-11)18-19-15(5-6-21-18)16-10-14(23-2)3-4-17(16)22-19/h3-4,7-10,18,21-22H,5-6H2,1-2H3. The average Bonchev–Trinajstić information content (AvgIpc) is 2.91. The van der Waals surface area contributed by atoms with Crippen molar-refractivity contribution in [2.24, 2.45) is 0 Å².